The third-order valence-corrected chi connectivity index (χ3v) is 5.80. The van der Waals surface area contributed by atoms with Gasteiger partial charge in [-0.3, -0.25) is 5.01 Å². The molecule has 1 aliphatic rings. The first kappa shape index (κ1) is 15.9. The Labute approximate surface area is 158 Å². The number of benzene rings is 2. The van der Waals surface area contributed by atoms with Crippen molar-refractivity contribution in [2.24, 2.45) is 5.10 Å². The quantitative estimate of drug-likeness (QED) is 0.473. The van der Waals surface area contributed by atoms with Crippen LogP contribution in [0.1, 0.15) is 22.9 Å². The smallest absolute Gasteiger partial charge is 0.0923 e. The molecule has 1 atom stereocenters. The molecule has 1 unspecified atom stereocenters. The fraction of sp³-hybridized carbons (Fsp3) is 0.105. The molecule has 0 bridgehead atoms. The first-order valence-electron chi connectivity index (χ1n) is 7.62. The Bertz CT molecular complexity index is 857. The van der Waals surface area contributed by atoms with E-state index in [0.717, 1.165) is 32.9 Å². The van der Waals surface area contributed by atoms with Crippen LogP contribution in [-0.2, 0) is 0 Å². The minimum Gasteiger partial charge on any atom is -0.257 e. The molecule has 120 valence electrons. The predicted octanol–water partition coefficient (Wildman–Crippen LogP) is 6.52. The maximum Gasteiger partial charge on any atom is 0.0923 e. The van der Waals surface area contributed by atoms with Crippen molar-refractivity contribution in [3.05, 3.63) is 86.0 Å². The minimum atomic E-state index is 0.227. The Hall–Kier alpha value is -1.62. The summed E-state index contributed by atoms with van der Waals surface area (Å²) in [5.41, 5.74) is 3.33. The van der Waals surface area contributed by atoms with Gasteiger partial charge in [-0.25, -0.2) is 0 Å². The van der Waals surface area contributed by atoms with E-state index in [2.05, 4.69) is 62.7 Å². The summed E-state index contributed by atoms with van der Waals surface area (Å²) >= 11 is 11.3. The van der Waals surface area contributed by atoms with E-state index in [-0.39, 0.29) is 6.04 Å². The number of anilines is 1. The molecule has 0 amide bonds. The normalized spacial score (nSPS) is 17.2. The highest BCUT2D eigenvalue weighted by Gasteiger charge is 2.30. The molecular weight excluding hydrogens is 404 g/mol. The molecule has 0 radical (unpaired) electrons. The number of hydrogen-bond acceptors (Lipinski definition) is 3. The first-order chi connectivity index (χ1) is 11.7. The Morgan fingerprint density at radius 3 is 2.46 bits per heavy atom. The number of hydrazone groups is 1. The highest BCUT2D eigenvalue weighted by Crippen LogP contribution is 2.38. The summed E-state index contributed by atoms with van der Waals surface area (Å²) in [5.74, 6) is 0. The van der Waals surface area contributed by atoms with Crippen LogP contribution in [0.15, 0.2) is 75.6 Å². The molecule has 0 saturated carbocycles. The Morgan fingerprint density at radius 2 is 1.79 bits per heavy atom. The van der Waals surface area contributed by atoms with Gasteiger partial charge in [0.2, 0.25) is 0 Å². The lowest BCUT2D eigenvalue weighted by atomic mass is 10.0. The van der Waals surface area contributed by atoms with Gasteiger partial charge in [0.05, 0.1) is 17.4 Å². The third-order valence-electron chi connectivity index (χ3n) is 4.05. The van der Waals surface area contributed by atoms with Gasteiger partial charge in [-0.05, 0) is 53.4 Å². The fourth-order valence-corrected chi connectivity index (χ4v) is 4.06. The van der Waals surface area contributed by atoms with Crippen molar-refractivity contribution in [2.45, 2.75) is 12.5 Å². The van der Waals surface area contributed by atoms with E-state index in [9.17, 15) is 0 Å². The van der Waals surface area contributed by atoms with Crippen molar-refractivity contribution in [1.82, 2.24) is 0 Å². The van der Waals surface area contributed by atoms with E-state index < -0.39 is 0 Å². The monoisotopic (exact) mass is 416 g/mol. The van der Waals surface area contributed by atoms with Gasteiger partial charge in [-0.1, -0.05) is 45.7 Å². The van der Waals surface area contributed by atoms with Crippen molar-refractivity contribution in [3.8, 4) is 0 Å². The van der Waals surface area contributed by atoms with Crippen LogP contribution < -0.4 is 5.01 Å². The standard InChI is InChI=1S/C19H14BrClN2S/c20-14-5-3-13(4-6-14)17-12-18(19-2-1-11-24-19)23(22-17)16-9-7-15(21)8-10-16/h1-11,18H,12H2. The average molecular weight is 418 g/mol. The van der Waals surface area contributed by atoms with Gasteiger partial charge in [0, 0.05) is 20.8 Å². The number of thiophene rings is 1. The van der Waals surface area contributed by atoms with E-state index in [4.69, 9.17) is 16.7 Å². The Morgan fingerprint density at radius 1 is 1.04 bits per heavy atom. The van der Waals surface area contributed by atoms with Gasteiger partial charge in [0.1, 0.15) is 0 Å². The molecule has 0 spiro atoms. The van der Waals surface area contributed by atoms with Crippen LogP contribution in [0.25, 0.3) is 0 Å². The van der Waals surface area contributed by atoms with Crippen LogP contribution in [0, 0.1) is 0 Å². The van der Waals surface area contributed by atoms with Crippen molar-refractivity contribution < 1.29 is 0 Å². The molecule has 0 saturated heterocycles. The SMILES string of the molecule is Clc1ccc(N2N=C(c3ccc(Br)cc3)CC2c2cccs2)cc1. The maximum absolute atomic E-state index is 6.04. The summed E-state index contributed by atoms with van der Waals surface area (Å²) in [6.07, 6.45) is 0.894. The average Bonchev–Trinajstić information content (AvgIpc) is 3.25. The topological polar surface area (TPSA) is 15.6 Å². The molecule has 4 rings (SSSR count). The lowest BCUT2D eigenvalue weighted by molar-refractivity contribution is 0.722. The number of rotatable bonds is 3. The number of nitrogens with zero attached hydrogens (tertiary/aromatic N) is 2. The zero-order valence-electron chi connectivity index (χ0n) is 12.7. The van der Waals surface area contributed by atoms with Gasteiger partial charge < -0.3 is 0 Å². The summed E-state index contributed by atoms with van der Waals surface area (Å²) < 4.78 is 1.08. The summed E-state index contributed by atoms with van der Waals surface area (Å²) in [6, 6.07) is 20.7. The second-order valence-electron chi connectivity index (χ2n) is 5.61. The molecule has 1 aromatic heterocycles. The zero-order chi connectivity index (χ0) is 16.5. The van der Waals surface area contributed by atoms with Crippen LogP contribution in [0.3, 0.4) is 0 Å². The lowest BCUT2D eigenvalue weighted by Gasteiger charge is -2.22. The van der Waals surface area contributed by atoms with Gasteiger partial charge in [0.15, 0.2) is 0 Å². The van der Waals surface area contributed by atoms with Crippen LogP contribution >= 0.6 is 38.9 Å². The summed E-state index contributed by atoms with van der Waals surface area (Å²) in [4.78, 5) is 1.32. The molecule has 0 N–H and O–H groups in total. The number of halogens is 2. The Kier molecular flexibility index (Phi) is 4.44. The molecular formula is C19H14BrClN2S. The van der Waals surface area contributed by atoms with Crippen LogP contribution in [-0.4, -0.2) is 5.71 Å². The van der Waals surface area contributed by atoms with E-state index in [1.54, 1.807) is 11.3 Å². The largest absolute Gasteiger partial charge is 0.257 e. The molecule has 3 aromatic rings. The molecule has 24 heavy (non-hydrogen) atoms. The predicted molar refractivity (Wildman–Crippen MR) is 106 cm³/mol. The highest BCUT2D eigenvalue weighted by atomic mass is 79.9. The molecule has 2 heterocycles. The summed E-state index contributed by atoms with van der Waals surface area (Å²) in [6.45, 7) is 0. The highest BCUT2D eigenvalue weighted by molar-refractivity contribution is 9.10. The second kappa shape index (κ2) is 6.71. The first-order valence-corrected chi connectivity index (χ1v) is 9.67. The van der Waals surface area contributed by atoms with E-state index >= 15 is 0 Å². The molecule has 5 heteroatoms. The van der Waals surface area contributed by atoms with Crippen molar-refractivity contribution in [1.29, 1.82) is 0 Å². The molecule has 0 fully saturated rings. The molecule has 2 nitrogen and oxygen atoms in total. The van der Waals surface area contributed by atoms with E-state index in [0.29, 0.717) is 0 Å². The van der Waals surface area contributed by atoms with Crippen molar-refractivity contribution >= 4 is 50.3 Å². The van der Waals surface area contributed by atoms with E-state index in [1.807, 2.05) is 24.3 Å². The van der Waals surface area contributed by atoms with Gasteiger partial charge in [-0.15, -0.1) is 11.3 Å². The summed E-state index contributed by atoms with van der Waals surface area (Å²) in [5, 5.41) is 9.89. The molecule has 2 aromatic carbocycles. The van der Waals surface area contributed by atoms with E-state index in [1.165, 1.54) is 4.88 Å². The Balaban J connectivity index is 1.73. The third kappa shape index (κ3) is 3.14. The van der Waals surface area contributed by atoms with Crippen molar-refractivity contribution in [3.63, 3.8) is 0 Å². The fourth-order valence-electron chi connectivity index (χ4n) is 2.86. The minimum absolute atomic E-state index is 0.227. The van der Waals surface area contributed by atoms with Gasteiger partial charge >= 0.3 is 0 Å². The lowest BCUT2D eigenvalue weighted by Crippen LogP contribution is -2.17. The number of hydrogen-bond donors (Lipinski definition) is 0. The molecule has 1 aliphatic heterocycles. The van der Waals surface area contributed by atoms with Crippen LogP contribution in [0.4, 0.5) is 5.69 Å². The van der Waals surface area contributed by atoms with Crippen molar-refractivity contribution in [2.75, 3.05) is 5.01 Å². The maximum atomic E-state index is 6.04. The second-order valence-corrected chi connectivity index (χ2v) is 7.94. The summed E-state index contributed by atoms with van der Waals surface area (Å²) in [7, 11) is 0. The van der Waals surface area contributed by atoms with Crippen LogP contribution in [0.5, 0.6) is 0 Å². The van der Waals surface area contributed by atoms with Gasteiger partial charge in [0.25, 0.3) is 0 Å². The molecule has 0 aliphatic carbocycles. The van der Waals surface area contributed by atoms with Gasteiger partial charge in [-0.2, -0.15) is 5.10 Å². The zero-order valence-corrected chi connectivity index (χ0v) is 15.9. The van der Waals surface area contributed by atoms with Crippen LogP contribution in [0.2, 0.25) is 5.02 Å².